The maximum atomic E-state index is 12.9. The molecule has 6 nitrogen and oxygen atoms in total. The fourth-order valence-corrected chi connectivity index (χ4v) is 3.33. The average Bonchev–Trinajstić information content (AvgIpc) is 3.02. The van der Waals surface area contributed by atoms with Gasteiger partial charge in [-0.05, 0) is 44.2 Å². The molecule has 0 radical (unpaired) electrons. The minimum atomic E-state index is -0.279. The first-order valence-corrected chi connectivity index (χ1v) is 8.89. The lowest BCUT2D eigenvalue weighted by atomic mass is 10.1. The molecule has 26 heavy (non-hydrogen) atoms. The number of benzene rings is 1. The monoisotopic (exact) mass is 352 g/mol. The quantitative estimate of drug-likeness (QED) is 0.812. The van der Waals surface area contributed by atoms with Gasteiger partial charge >= 0.3 is 0 Å². The van der Waals surface area contributed by atoms with Crippen LogP contribution in [0.1, 0.15) is 50.8 Å². The summed E-state index contributed by atoms with van der Waals surface area (Å²) in [6, 6.07) is 5.87. The summed E-state index contributed by atoms with van der Waals surface area (Å²) in [5, 5.41) is 5.72. The van der Waals surface area contributed by atoms with Crippen LogP contribution in [0.5, 0.6) is 0 Å². The van der Waals surface area contributed by atoms with Crippen molar-refractivity contribution in [3.05, 3.63) is 59.2 Å². The minimum Gasteiger partial charge on any atom is -0.346 e. The molecule has 6 heteroatoms. The Labute approximate surface area is 153 Å². The van der Waals surface area contributed by atoms with Gasteiger partial charge in [-0.15, -0.1) is 6.58 Å². The predicted octanol–water partition coefficient (Wildman–Crippen LogP) is 3.00. The SMILES string of the molecule is C=CCNC(=O)c1nc(C(=O)Nc2c(C)cccc2C)c2n1CCCC2. The number of carbonyl (C=O) groups is 2. The molecule has 0 bridgehead atoms. The molecule has 1 aliphatic rings. The fraction of sp³-hybridized carbons (Fsp3) is 0.350. The summed E-state index contributed by atoms with van der Waals surface area (Å²) in [5.74, 6) is -0.247. The highest BCUT2D eigenvalue weighted by Gasteiger charge is 2.27. The second-order valence-corrected chi connectivity index (χ2v) is 6.56. The third-order valence-electron chi connectivity index (χ3n) is 4.66. The van der Waals surface area contributed by atoms with Gasteiger partial charge in [0.05, 0.1) is 5.69 Å². The number of nitrogens with zero attached hydrogens (tertiary/aromatic N) is 2. The number of anilines is 1. The Morgan fingerprint density at radius 2 is 1.96 bits per heavy atom. The van der Waals surface area contributed by atoms with Crippen LogP contribution in [0.25, 0.3) is 0 Å². The highest BCUT2D eigenvalue weighted by molar-refractivity contribution is 6.05. The number of nitrogens with one attached hydrogen (secondary N) is 2. The third kappa shape index (κ3) is 3.40. The first kappa shape index (κ1) is 17.9. The number of carbonyl (C=O) groups excluding carboxylic acids is 2. The van der Waals surface area contributed by atoms with Gasteiger partial charge in [-0.3, -0.25) is 9.59 Å². The Bertz CT molecular complexity index is 847. The molecule has 0 atom stereocenters. The van der Waals surface area contributed by atoms with Crippen LogP contribution in [0.4, 0.5) is 5.69 Å². The van der Waals surface area contributed by atoms with E-state index in [9.17, 15) is 9.59 Å². The molecule has 2 heterocycles. The lowest BCUT2D eigenvalue weighted by Crippen LogP contribution is -2.28. The number of aryl methyl sites for hydroxylation is 2. The second-order valence-electron chi connectivity index (χ2n) is 6.56. The zero-order valence-electron chi connectivity index (χ0n) is 15.3. The van der Waals surface area contributed by atoms with Crippen molar-refractivity contribution in [1.82, 2.24) is 14.9 Å². The first-order valence-electron chi connectivity index (χ1n) is 8.89. The van der Waals surface area contributed by atoms with Crippen molar-refractivity contribution < 1.29 is 9.59 Å². The average molecular weight is 352 g/mol. The molecule has 0 aliphatic carbocycles. The fourth-order valence-electron chi connectivity index (χ4n) is 3.33. The van der Waals surface area contributed by atoms with Gasteiger partial charge in [-0.1, -0.05) is 24.3 Å². The Morgan fingerprint density at radius 1 is 1.23 bits per heavy atom. The summed E-state index contributed by atoms with van der Waals surface area (Å²) in [5.41, 5.74) is 3.97. The van der Waals surface area contributed by atoms with Crippen LogP contribution in [0, 0.1) is 13.8 Å². The summed E-state index contributed by atoms with van der Waals surface area (Å²) in [7, 11) is 0. The van der Waals surface area contributed by atoms with Crippen LogP contribution in [-0.2, 0) is 13.0 Å². The van der Waals surface area contributed by atoms with Crippen molar-refractivity contribution in [2.24, 2.45) is 0 Å². The number of imidazole rings is 1. The smallest absolute Gasteiger partial charge is 0.287 e. The molecule has 3 rings (SSSR count). The molecule has 0 fully saturated rings. The zero-order valence-corrected chi connectivity index (χ0v) is 15.3. The van der Waals surface area contributed by atoms with E-state index in [0.29, 0.717) is 24.6 Å². The zero-order chi connectivity index (χ0) is 18.7. The molecular formula is C20H24N4O2. The van der Waals surface area contributed by atoms with E-state index in [1.54, 1.807) is 6.08 Å². The van der Waals surface area contributed by atoms with Crippen LogP contribution in [-0.4, -0.2) is 27.9 Å². The molecule has 0 saturated carbocycles. The molecule has 0 saturated heterocycles. The van der Waals surface area contributed by atoms with Gasteiger partial charge in [0.2, 0.25) is 0 Å². The van der Waals surface area contributed by atoms with Crippen LogP contribution in [0.15, 0.2) is 30.9 Å². The van der Waals surface area contributed by atoms with Crippen LogP contribution < -0.4 is 10.6 Å². The molecule has 1 aromatic heterocycles. The third-order valence-corrected chi connectivity index (χ3v) is 4.66. The van der Waals surface area contributed by atoms with Crippen molar-refractivity contribution in [2.45, 2.75) is 39.7 Å². The standard InChI is InChI=1S/C20H24N4O2/c1-4-11-21-20(26)18-22-17(15-10-5-6-12-24(15)18)19(25)23-16-13(2)8-7-9-14(16)3/h4,7-9H,1,5-6,10-12H2,2-3H3,(H,21,26)(H,23,25). The van der Waals surface area contributed by atoms with E-state index in [0.717, 1.165) is 41.8 Å². The van der Waals surface area contributed by atoms with E-state index < -0.39 is 0 Å². The summed E-state index contributed by atoms with van der Waals surface area (Å²) < 4.78 is 1.88. The van der Waals surface area contributed by atoms with E-state index in [1.165, 1.54) is 0 Å². The van der Waals surface area contributed by atoms with Gasteiger partial charge in [0.1, 0.15) is 0 Å². The molecule has 0 spiro atoms. The minimum absolute atomic E-state index is 0.268. The van der Waals surface area contributed by atoms with Crippen molar-refractivity contribution in [3.63, 3.8) is 0 Å². The highest BCUT2D eigenvalue weighted by atomic mass is 16.2. The summed E-state index contributed by atoms with van der Waals surface area (Å²) in [6.07, 6.45) is 4.33. The van der Waals surface area contributed by atoms with Crippen LogP contribution in [0.3, 0.4) is 0 Å². The van der Waals surface area contributed by atoms with Crippen molar-refractivity contribution >= 4 is 17.5 Å². The number of hydrogen-bond acceptors (Lipinski definition) is 3. The molecule has 2 amide bonds. The molecule has 2 aromatic rings. The molecule has 136 valence electrons. The van der Waals surface area contributed by atoms with E-state index in [2.05, 4.69) is 22.2 Å². The Kier molecular flexibility index (Phi) is 5.21. The molecule has 1 aromatic carbocycles. The van der Waals surface area contributed by atoms with E-state index >= 15 is 0 Å². The number of para-hydroxylation sites is 1. The van der Waals surface area contributed by atoms with Crippen LogP contribution in [0.2, 0.25) is 0 Å². The van der Waals surface area contributed by atoms with Crippen molar-refractivity contribution in [1.29, 1.82) is 0 Å². The Morgan fingerprint density at radius 3 is 2.65 bits per heavy atom. The van der Waals surface area contributed by atoms with E-state index in [1.807, 2.05) is 36.6 Å². The Balaban J connectivity index is 1.94. The molecule has 1 aliphatic heterocycles. The number of fused-ring (bicyclic) bond motifs is 1. The van der Waals surface area contributed by atoms with E-state index in [4.69, 9.17) is 0 Å². The Hall–Kier alpha value is -2.89. The number of amides is 2. The first-order chi connectivity index (χ1) is 12.5. The molecular weight excluding hydrogens is 328 g/mol. The highest BCUT2D eigenvalue weighted by Crippen LogP contribution is 2.24. The second kappa shape index (κ2) is 7.56. The van der Waals surface area contributed by atoms with Gasteiger partial charge in [-0.2, -0.15) is 0 Å². The topological polar surface area (TPSA) is 76.0 Å². The summed E-state index contributed by atoms with van der Waals surface area (Å²) >= 11 is 0. The maximum absolute atomic E-state index is 12.9. The van der Waals surface area contributed by atoms with Gasteiger partial charge < -0.3 is 15.2 Å². The summed E-state index contributed by atoms with van der Waals surface area (Å²) in [4.78, 5) is 29.7. The lowest BCUT2D eigenvalue weighted by molar-refractivity contribution is 0.0942. The van der Waals surface area contributed by atoms with E-state index in [-0.39, 0.29) is 11.8 Å². The number of aromatic nitrogens is 2. The van der Waals surface area contributed by atoms with Gasteiger partial charge in [0.25, 0.3) is 11.8 Å². The predicted molar refractivity (Wildman–Crippen MR) is 102 cm³/mol. The number of rotatable bonds is 5. The van der Waals surface area contributed by atoms with Crippen molar-refractivity contribution in [3.8, 4) is 0 Å². The lowest BCUT2D eigenvalue weighted by Gasteiger charge is -2.17. The normalized spacial score (nSPS) is 13.0. The largest absolute Gasteiger partial charge is 0.346 e. The van der Waals surface area contributed by atoms with Crippen LogP contribution >= 0.6 is 0 Å². The van der Waals surface area contributed by atoms with Gasteiger partial charge in [0, 0.05) is 18.8 Å². The number of hydrogen-bond donors (Lipinski definition) is 2. The van der Waals surface area contributed by atoms with Gasteiger partial charge in [-0.25, -0.2) is 4.98 Å². The maximum Gasteiger partial charge on any atom is 0.287 e. The molecule has 0 unspecified atom stereocenters. The van der Waals surface area contributed by atoms with Gasteiger partial charge in [0.15, 0.2) is 11.5 Å². The van der Waals surface area contributed by atoms with Crippen molar-refractivity contribution in [2.75, 3.05) is 11.9 Å². The summed E-state index contributed by atoms with van der Waals surface area (Å²) in [6.45, 7) is 8.59. The molecule has 2 N–H and O–H groups in total.